The molecule has 2 rings (SSSR count). The fraction of sp³-hybridized carbons (Fsp3) is 0.333. The predicted molar refractivity (Wildman–Crippen MR) is 93.0 cm³/mol. The van der Waals surface area contributed by atoms with Crippen LogP contribution in [0.4, 0.5) is 4.79 Å². The molecule has 0 bridgehead atoms. The number of ether oxygens (including phenoxy) is 1. The molecule has 1 aromatic carbocycles. The third-order valence-corrected chi connectivity index (χ3v) is 4.27. The van der Waals surface area contributed by atoms with Crippen LogP contribution in [0, 0.1) is 12.3 Å². The molecule has 5 heteroatoms. The van der Waals surface area contributed by atoms with E-state index >= 15 is 0 Å². The predicted octanol–water partition coefficient (Wildman–Crippen LogP) is 3.93. The summed E-state index contributed by atoms with van der Waals surface area (Å²) in [6.45, 7) is 2.80. The summed E-state index contributed by atoms with van der Waals surface area (Å²) < 4.78 is 5.30. The maximum absolute atomic E-state index is 12.3. The first kappa shape index (κ1) is 17.2. The topological polar surface area (TPSA) is 46.6 Å². The summed E-state index contributed by atoms with van der Waals surface area (Å²) in [6, 6.07) is 7.23. The Morgan fingerprint density at radius 2 is 2.00 bits per heavy atom. The minimum absolute atomic E-state index is 0.189. The van der Waals surface area contributed by atoms with E-state index in [1.165, 1.54) is 4.90 Å². The molecule has 120 valence electrons. The number of terminal acetylenes is 1. The number of nitrogens with zero attached hydrogens (tertiary/aromatic N) is 1. The van der Waals surface area contributed by atoms with Crippen LogP contribution in [0.25, 0.3) is 6.08 Å². The summed E-state index contributed by atoms with van der Waals surface area (Å²) in [5, 5.41) is -0.189. The van der Waals surface area contributed by atoms with Gasteiger partial charge in [0.15, 0.2) is 0 Å². The Kier molecular flexibility index (Phi) is 6.30. The van der Waals surface area contributed by atoms with Crippen LogP contribution in [-0.4, -0.2) is 29.2 Å². The lowest BCUT2D eigenvalue weighted by molar-refractivity contribution is -0.122. The van der Waals surface area contributed by atoms with Crippen LogP contribution in [0.5, 0.6) is 5.75 Å². The van der Waals surface area contributed by atoms with Gasteiger partial charge in [0.05, 0.1) is 4.91 Å². The Labute approximate surface area is 140 Å². The number of amides is 2. The first-order valence-corrected chi connectivity index (χ1v) is 8.39. The number of rotatable bonds is 7. The molecule has 0 aromatic heterocycles. The number of unbranched alkanes of at least 4 members (excludes halogenated alkanes) is 2. The van der Waals surface area contributed by atoms with Crippen molar-refractivity contribution in [2.24, 2.45) is 0 Å². The van der Waals surface area contributed by atoms with Gasteiger partial charge in [0, 0.05) is 6.54 Å². The lowest BCUT2D eigenvalue weighted by atomic mass is 10.2. The van der Waals surface area contributed by atoms with Gasteiger partial charge in [-0.1, -0.05) is 37.8 Å². The second kappa shape index (κ2) is 8.44. The highest BCUT2D eigenvalue weighted by molar-refractivity contribution is 8.18. The van der Waals surface area contributed by atoms with E-state index in [0.717, 1.165) is 36.6 Å². The second-order valence-electron chi connectivity index (χ2n) is 5.10. The summed E-state index contributed by atoms with van der Waals surface area (Å²) in [4.78, 5) is 26.0. The lowest BCUT2D eigenvalue weighted by Crippen LogP contribution is -2.29. The summed E-state index contributed by atoms with van der Waals surface area (Å²) in [5.41, 5.74) is 0.845. The fourth-order valence-corrected chi connectivity index (χ4v) is 3.01. The van der Waals surface area contributed by atoms with E-state index in [9.17, 15) is 9.59 Å². The van der Waals surface area contributed by atoms with Crippen molar-refractivity contribution in [3.8, 4) is 18.1 Å². The maximum Gasteiger partial charge on any atom is 0.293 e. The molecule has 4 nitrogen and oxygen atoms in total. The lowest BCUT2D eigenvalue weighted by Gasteiger charge is -2.11. The largest absolute Gasteiger partial charge is 0.481 e. The van der Waals surface area contributed by atoms with Crippen molar-refractivity contribution in [2.45, 2.75) is 26.2 Å². The monoisotopic (exact) mass is 329 g/mol. The smallest absolute Gasteiger partial charge is 0.293 e. The van der Waals surface area contributed by atoms with Crippen molar-refractivity contribution in [1.82, 2.24) is 4.90 Å². The van der Waals surface area contributed by atoms with E-state index in [1.54, 1.807) is 18.2 Å². The minimum atomic E-state index is -0.205. The Morgan fingerprint density at radius 1 is 1.26 bits per heavy atom. The molecular formula is C18H19NO3S. The van der Waals surface area contributed by atoms with Crippen molar-refractivity contribution in [1.29, 1.82) is 0 Å². The van der Waals surface area contributed by atoms with Crippen molar-refractivity contribution in [2.75, 3.05) is 13.2 Å². The van der Waals surface area contributed by atoms with Crippen molar-refractivity contribution in [3.05, 3.63) is 34.7 Å². The quantitative estimate of drug-likeness (QED) is 0.432. The number of benzene rings is 1. The zero-order valence-corrected chi connectivity index (χ0v) is 13.9. The number of carbonyl (C=O) groups excluding carboxylic acids is 2. The Bertz CT molecular complexity index is 643. The van der Waals surface area contributed by atoms with Crippen LogP contribution < -0.4 is 4.74 Å². The van der Waals surface area contributed by atoms with Gasteiger partial charge in [0.25, 0.3) is 11.1 Å². The van der Waals surface area contributed by atoms with Crippen LogP contribution >= 0.6 is 11.8 Å². The van der Waals surface area contributed by atoms with Crippen LogP contribution in [0.1, 0.15) is 31.7 Å². The summed E-state index contributed by atoms with van der Waals surface area (Å²) in [5.74, 6) is 2.87. The Balaban J connectivity index is 2.03. The number of imide groups is 1. The van der Waals surface area contributed by atoms with Crippen LogP contribution in [0.2, 0.25) is 0 Å². The van der Waals surface area contributed by atoms with Crippen molar-refractivity contribution < 1.29 is 14.3 Å². The first-order valence-electron chi connectivity index (χ1n) is 7.57. The van der Waals surface area contributed by atoms with E-state index in [-0.39, 0.29) is 17.8 Å². The molecule has 0 unspecified atom stereocenters. The highest BCUT2D eigenvalue weighted by Crippen LogP contribution is 2.32. The molecule has 0 N–H and O–H groups in total. The van der Waals surface area contributed by atoms with Crippen LogP contribution in [-0.2, 0) is 4.79 Å². The molecule has 0 atom stereocenters. The third kappa shape index (κ3) is 4.64. The number of hydrogen-bond donors (Lipinski definition) is 0. The highest BCUT2D eigenvalue weighted by Gasteiger charge is 2.34. The summed E-state index contributed by atoms with van der Waals surface area (Å²) in [7, 11) is 0. The molecule has 0 aliphatic carbocycles. The zero-order chi connectivity index (χ0) is 16.7. The summed E-state index contributed by atoms with van der Waals surface area (Å²) in [6.07, 6.45) is 9.79. The van der Waals surface area contributed by atoms with Crippen LogP contribution in [0.3, 0.4) is 0 Å². The van der Waals surface area contributed by atoms with Gasteiger partial charge in [-0.3, -0.25) is 14.5 Å². The van der Waals surface area contributed by atoms with E-state index in [4.69, 9.17) is 11.2 Å². The van der Waals surface area contributed by atoms with Gasteiger partial charge in [0.2, 0.25) is 0 Å². The highest BCUT2D eigenvalue weighted by atomic mass is 32.2. The molecule has 0 spiro atoms. The SMILES string of the molecule is C#CCOc1ccc(/C=C2\SC(=O)N(CCCCC)C2=O)cc1. The molecule has 0 saturated carbocycles. The molecule has 2 amide bonds. The van der Waals surface area contributed by atoms with Gasteiger partial charge in [-0.15, -0.1) is 6.42 Å². The van der Waals surface area contributed by atoms with Crippen molar-refractivity contribution >= 4 is 29.0 Å². The third-order valence-electron chi connectivity index (χ3n) is 3.36. The maximum atomic E-state index is 12.3. The normalized spacial score (nSPS) is 16.0. The molecule has 1 fully saturated rings. The van der Waals surface area contributed by atoms with E-state index < -0.39 is 0 Å². The van der Waals surface area contributed by atoms with Gasteiger partial charge >= 0.3 is 0 Å². The molecule has 23 heavy (non-hydrogen) atoms. The van der Waals surface area contributed by atoms with Gasteiger partial charge in [-0.05, 0) is 42.0 Å². The average molecular weight is 329 g/mol. The molecule has 1 aromatic rings. The number of carbonyl (C=O) groups is 2. The molecular weight excluding hydrogens is 310 g/mol. The molecule has 1 aliphatic heterocycles. The second-order valence-corrected chi connectivity index (χ2v) is 6.10. The summed E-state index contributed by atoms with van der Waals surface area (Å²) >= 11 is 0.994. The van der Waals surface area contributed by atoms with E-state index in [0.29, 0.717) is 17.2 Å². The van der Waals surface area contributed by atoms with E-state index in [2.05, 4.69) is 12.8 Å². The standard InChI is InChI=1S/C18H19NO3S/c1-3-5-6-11-19-17(20)16(23-18(19)21)13-14-7-9-15(10-8-14)22-12-4-2/h2,7-10,13H,3,5-6,11-12H2,1H3/b16-13-. The van der Waals surface area contributed by atoms with Gasteiger partial charge in [0.1, 0.15) is 12.4 Å². The Hall–Kier alpha value is -2.19. The zero-order valence-electron chi connectivity index (χ0n) is 13.1. The fourth-order valence-electron chi connectivity index (χ4n) is 2.15. The first-order chi connectivity index (χ1) is 11.2. The molecule has 1 heterocycles. The van der Waals surface area contributed by atoms with Gasteiger partial charge in [-0.2, -0.15) is 0 Å². The molecule has 0 radical (unpaired) electrons. The van der Waals surface area contributed by atoms with E-state index in [1.807, 2.05) is 12.1 Å². The van der Waals surface area contributed by atoms with Crippen molar-refractivity contribution in [3.63, 3.8) is 0 Å². The number of thioether (sulfide) groups is 1. The minimum Gasteiger partial charge on any atom is -0.481 e. The number of hydrogen-bond acceptors (Lipinski definition) is 4. The molecule has 1 saturated heterocycles. The average Bonchev–Trinajstić information content (AvgIpc) is 2.82. The Morgan fingerprint density at radius 3 is 2.65 bits per heavy atom. The van der Waals surface area contributed by atoms with Crippen LogP contribution in [0.15, 0.2) is 29.2 Å². The van der Waals surface area contributed by atoms with Gasteiger partial charge < -0.3 is 4.74 Å². The van der Waals surface area contributed by atoms with Gasteiger partial charge in [-0.25, -0.2) is 0 Å². The molecule has 1 aliphatic rings.